The molecule has 0 aliphatic rings. The number of carbonyl (C=O) groups excluding carboxylic acids is 1. The Kier molecular flexibility index (Phi) is 4.75. The maximum Gasteiger partial charge on any atom is 0.415 e. The van der Waals surface area contributed by atoms with E-state index in [9.17, 15) is 18.0 Å². The third-order valence-corrected chi connectivity index (χ3v) is 2.13. The van der Waals surface area contributed by atoms with Crippen molar-refractivity contribution in [3.05, 3.63) is 0 Å². The van der Waals surface area contributed by atoms with E-state index >= 15 is 0 Å². The van der Waals surface area contributed by atoms with E-state index < -0.39 is 29.8 Å². The van der Waals surface area contributed by atoms with Crippen molar-refractivity contribution in [1.29, 1.82) is 0 Å². The summed E-state index contributed by atoms with van der Waals surface area (Å²) in [6, 6.07) is -0.572. The second kappa shape index (κ2) is 5.01. The number of alkyl halides is 3. The molecule has 1 amide bonds. The van der Waals surface area contributed by atoms with Gasteiger partial charge in [0.1, 0.15) is 0 Å². The van der Waals surface area contributed by atoms with E-state index in [1.165, 1.54) is 13.8 Å². The van der Waals surface area contributed by atoms with Crippen LogP contribution >= 0.6 is 0 Å². The molecule has 0 aromatic heterocycles. The van der Waals surface area contributed by atoms with E-state index in [0.717, 1.165) is 0 Å². The van der Waals surface area contributed by atoms with Gasteiger partial charge in [-0.05, 0) is 27.2 Å². The molecule has 0 radical (unpaired) electrons. The van der Waals surface area contributed by atoms with E-state index in [4.69, 9.17) is 10.8 Å². The molecule has 4 N–H and O–H groups in total. The molecule has 0 aromatic rings. The molecular weight excluding hydrogens is 225 g/mol. The predicted octanol–water partition coefficient (Wildman–Crippen LogP) is 0.542. The number of amides is 1. The Hall–Kier alpha value is -0.820. The van der Waals surface area contributed by atoms with Crippen molar-refractivity contribution in [1.82, 2.24) is 5.32 Å². The highest BCUT2D eigenvalue weighted by atomic mass is 19.4. The summed E-state index contributed by atoms with van der Waals surface area (Å²) in [4.78, 5) is 11.3. The van der Waals surface area contributed by atoms with E-state index in [1.807, 2.05) is 0 Å². The number of nitrogens with two attached hydrogens (primary N) is 1. The Morgan fingerprint density at radius 1 is 1.44 bits per heavy atom. The number of nitrogens with one attached hydrogen (secondary N) is 1. The minimum atomic E-state index is -4.80. The monoisotopic (exact) mass is 242 g/mol. The van der Waals surface area contributed by atoms with Gasteiger partial charge < -0.3 is 16.2 Å². The van der Waals surface area contributed by atoms with Crippen LogP contribution in [0, 0.1) is 0 Å². The third-order valence-electron chi connectivity index (χ3n) is 2.13. The summed E-state index contributed by atoms with van der Waals surface area (Å²) in [5, 5.41) is 11.1. The number of rotatable bonds is 4. The molecular formula is C9H17F3N2O2. The fraction of sp³-hybridized carbons (Fsp3) is 0.889. The number of hydrogen-bond acceptors (Lipinski definition) is 3. The zero-order chi connectivity index (χ0) is 13.1. The first-order chi connectivity index (χ1) is 6.98. The molecule has 16 heavy (non-hydrogen) atoms. The number of hydrogen-bond donors (Lipinski definition) is 3. The fourth-order valence-electron chi connectivity index (χ4n) is 1.07. The zero-order valence-electron chi connectivity index (χ0n) is 9.43. The minimum Gasteiger partial charge on any atom is -0.393 e. The molecule has 96 valence electrons. The third kappa shape index (κ3) is 3.97. The molecule has 0 bridgehead atoms. The first kappa shape index (κ1) is 15.2. The van der Waals surface area contributed by atoms with Gasteiger partial charge in [0, 0.05) is 6.04 Å². The smallest absolute Gasteiger partial charge is 0.393 e. The Morgan fingerprint density at radius 2 is 1.88 bits per heavy atom. The summed E-state index contributed by atoms with van der Waals surface area (Å²) in [7, 11) is 0. The van der Waals surface area contributed by atoms with Crippen molar-refractivity contribution in [2.45, 2.75) is 51.1 Å². The van der Waals surface area contributed by atoms with Gasteiger partial charge in [-0.2, -0.15) is 13.2 Å². The standard InChI is InChI=1S/C9H17F3N2O2/c1-5(4-6(2)15)14-7(16)8(3,13)9(10,11)12/h5-6,15H,4,13H2,1-3H3,(H,14,16). The maximum atomic E-state index is 12.4. The molecule has 0 spiro atoms. The maximum absolute atomic E-state index is 12.4. The van der Waals surface area contributed by atoms with Crippen LogP contribution in [0.1, 0.15) is 27.2 Å². The van der Waals surface area contributed by atoms with E-state index in [2.05, 4.69) is 5.32 Å². The molecule has 0 saturated heterocycles. The summed E-state index contributed by atoms with van der Waals surface area (Å²) >= 11 is 0. The number of aliphatic hydroxyl groups excluding tert-OH is 1. The van der Waals surface area contributed by atoms with Crippen LogP contribution in [0.5, 0.6) is 0 Å². The molecule has 0 saturated carbocycles. The van der Waals surface area contributed by atoms with Crippen LogP contribution in [0.25, 0.3) is 0 Å². The molecule has 0 fully saturated rings. The number of carbonyl (C=O) groups is 1. The summed E-state index contributed by atoms with van der Waals surface area (Å²) in [6.07, 6.45) is -5.34. The van der Waals surface area contributed by atoms with Gasteiger partial charge in [-0.1, -0.05) is 0 Å². The van der Waals surface area contributed by atoms with Crippen molar-refractivity contribution in [3.8, 4) is 0 Å². The predicted molar refractivity (Wildman–Crippen MR) is 52.5 cm³/mol. The quantitative estimate of drug-likeness (QED) is 0.673. The second-order valence-corrected chi connectivity index (χ2v) is 4.16. The Balaban J connectivity index is 4.47. The lowest BCUT2D eigenvalue weighted by Crippen LogP contribution is -2.62. The highest BCUT2D eigenvalue weighted by Crippen LogP contribution is 2.28. The first-order valence-corrected chi connectivity index (χ1v) is 4.83. The van der Waals surface area contributed by atoms with Crippen molar-refractivity contribution in [2.75, 3.05) is 0 Å². The minimum absolute atomic E-state index is 0.166. The largest absolute Gasteiger partial charge is 0.415 e. The van der Waals surface area contributed by atoms with Crippen LogP contribution in [0.3, 0.4) is 0 Å². The van der Waals surface area contributed by atoms with Crippen LogP contribution in [0.4, 0.5) is 13.2 Å². The molecule has 0 heterocycles. The van der Waals surface area contributed by atoms with Gasteiger partial charge in [0.05, 0.1) is 6.10 Å². The Labute approximate surface area is 92.0 Å². The van der Waals surface area contributed by atoms with E-state index in [-0.39, 0.29) is 6.42 Å². The number of halogens is 3. The van der Waals surface area contributed by atoms with Crippen molar-refractivity contribution >= 4 is 5.91 Å². The Bertz CT molecular complexity index is 252. The molecule has 7 heteroatoms. The van der Waals surface area contributed by atoms with E-state index in [1.54, 1.807) is 0 Å². The average Bonchev–Trinajstić information content (AvgIpc) is 1.99. The summed E-state index contributed by atoms with van der Waals surface area (Å²) in [5.74, 6) is -1.30. The van der Waals surface area contributed by atoms with Crippen LogP contribution < -0.4 is 11.1 Å². The SMILES string of the molecule is CC(O)CC(C)NC(=O)C(C)(N)C(F)(F)F. The lowest BCUT2D eigenvalue weighted by atomic mass is 10.0. The van der Waals surface area contributed by atoms with Crippen LogP contribution in [0.15, 0.2) is 0 Å². The van der Waals surface area contributed by atoms with E-state index in [0.29, 0.717) is 6.92 Å². The highest BCUT2D eigenvalue weighted by Gasteiger charge is 2.54. The molecule has 0 aliphatic heterocycles. The lowest BCUT2D eigenvalue weighted by Gasteiger charge is -2.28. The normalized spacial score (nSPS) is 19.8. The number of aliphatic hydroxyl groups is 1. The van der Waals surface area contributed by atoms with Crippen molar-refractivity contribution in [3.63, 3.8) is 0 Å². The molecule has 4 nitrogen and oxygen atoms in total. The van der Waals surface area contributed by atoms with Gasteiger partial charge in [0.15, 0.2) is 5.54 Å². The molecule has 0 rings (SSSR count). The molecule has 0 aromatic carbocycles. The van der Waals surface area contributed by atoms with Crippen LogP contribution in [-0.4, -0.2) is 34.9 Å². The molecule has 3 unspecified atom stereocenters. The summed E-state index contributed by atoms with van der Waals surface area (Å²) in [5.41, 5.74) is 2.00. The first-order valence-electron chi connectivity index (χ1n) is 4.83. The summed E-state index contributed by atoms with van der Waals surface area (Å²) < 4.78 is 37.1. The van der Waals surface area contributed by atoms with Gasteiger partial charge in [-0.25, -0.2) is 0 Å². The van der Waals surface area contributed by atoms with Gasteiger partial charge >= 0.3 is 6.18 Å². The van der Waals surface area contributed by atoms with Crippen molar-refractivity contribution < 1.29 is 23.1 Å². The van der Waals surface area contributed by atoms with Gasteiger partial charge in [-0.3, -0.25) is 4.79 Å². The highest BCUT2D eigenvalue weighted by molar-refractivity contribution is 5.86. The van der Waals surface area contributed by atoms with Crippen molar-refractivity contribution in [2.24, 2.45) is 5.73 Å². The van der Waals surface area contributed by atoms with Crippen LogP contribution in [-0.2, 0) is 4.79 Å². The van der Waals surface area contributed by atoms with Gasteiger partial charge in [0.25, 0.3) is 0 Å². The lowest BCUT2D eigenvalue weighted by molar-refractivity contribution is -0.187. The topological polar surface area (TPSA) is 75.3 Å². The van der Waals surface area contributed by atoms with Crippen LogP contribution in [0.2, 0.25) is 0 Å². The fourth-order valence-corrected chi connectivity index (χ4v) is 1.07. The molecule has 0 aliphatic carbocycles. The molecule has 3 atom stereocenters. The average molecular weight is 242 g/mol. The second-order valence-electron chi connectivity index (χ2n) is 4.16. The zero-order valence-corrected chi connectivity index (χ0v) is 9.43. The Morgan fingerprint density at radius 3 is 2.19 bits per heavy atom. The van der Waals surface area contributed by atoms with Gasteiger partial charge in [-0.15, -0.1) is 0 Å². The van der Waals surface area contributed by atoms with Gasteiger partial charge in [0.2, 0.25) is 5.91 Å². The summed E-state index contributed by atoms with van der Waals surface area (Å²) in [6.45, 7) is 3.59.